The van der Waals surface area contributed by atoms with Crippen molar-refractivity contribution < 1.29 is 14.4 Å². The fourth-order valence-electron chi connectivity index (χ4n) is 2.34. The van der Waals surface area contributed by atoms with Crippen molar-refractivity contribution in [2.75, 3.05) is 5.75 Å². The monoisotopic (exact) mass is 295 g/mol. The van der Waals surface area contributed by atoms with Crippen LogP contribution in [0.2, 0.25) is 0 Å². The molecule has 0 aromatic carbocycles. The van der Waals surface area contributed by atoms with Crippen molar-refractivity contribution >= 4 is 17.7 Å². The van der Waals surface area contributed by atoms with Gasteiger partial charge in [-0.15, -0.1) is 0 Å². The average molecular weight is 295 g/mol. The molecule has 108 valence electrons. The zero-order valence-electron chi connectivity index (χ0n) is 11.9. The Labute approximate surface area is 121 Å². The Hall–Kier alpha value is -1.76. The first-order valence-corrected chi connectivity index (χ1v) is 7.21. The Kier molecular flexibility index (Phi) is 4.17. The van der Waals surface area contributed by atoms with Crippen LogP contribution in [0.5, 0.6) is 0 Å². The predicted octanol–water partition coefficient (Wildman–Crippen LogP) is 2.58. The second-order valence-corrected chi connectivity index (χ2v) is 5.59. The third kappa shape index (κ3) is 2.72. The first-order chi connectivity index (χ1) is 9.41. The molecule has 0 spiro atoms. The van der Waals surface area contributed by atoms with Crippen LogP contribution in [-0.4, -0.2) is 31.5 Å². The van der Waals surface area contributed by atoms with Gasteiger partial charge in [0, 0.05) is 17.5 Å². The Morgan fingerprint density at radius 1 is 1.50 bits per heavy atom. The molecule has 1 N–H and O–H groups in total. The highest BCUT2D eigenvalue weighted by molar-refractivity contribution is 7.99. The molecule has 0 aliphatic heterocycles. The molecule has 20 heavy (non-hydrogen) atoms. The van der Waals surface area contributed by atoms with Gasteiger partial charge in [-0.05, 0) is 27.7 Å². The van der Waals surface area contributed by atoms with Crippen molar-refractivity contribution in [3.8, 4) is 0 Å². The molecule has 6 nitrogen and oxygen atoms in total. The Morgan fingerprint density at radius 2 is 2.20 bits per heavy atom. The van der Waals surface area contributed by atoms with Crippen molar-refractivity contribution in [2.24, 2.45) is 0 Å². The lowest BCUT2D eigenvalue weighted by Gasteiger charge is -2.17. The zero-order valence-corrected chi connectivity index (χ0v) is 12.7. The van der Waals surface area contributed by atoms with Crippen LogP contribution in [0.15, 0.2) is 15.9 Å². The molecule has 1 atom stereocenters. The van der Waals surface area contributed by atoms with Crippen LogP contribution in [0.25, 0.3) is 0 Å². The van der Waals surface area contributed by atoms with Gasteiger partial charge in [-0.2, -0.15) is 0 Å². The molecule has 0 fully saturated rings. The normalized spacial score (nSPS) is 12.6. The summed E-state index contributed by atoms with van der Waals surface area (Å²) in [5.74, 6) is -0.0883. The molecule has 2 aromatic rings. The number of carbonyl (C=O) groups is 1. The molecule has 0 amide bonds. The number of aliphatic carboxylic acids is 1. The number of imidazole rings is 1. The molecule has 1 unspecified atom stereocenters. The van der Waals surface area contributed by atoms with Gasteiger partial charge in [0.05, 0.1) is 17.5 Å². The average Bonchev–Trinajstić information content (AvgIpc) is 2.90. The minimum absolute atomic E-state index is 0.0000416. The second kappa shape index (κ2) is 5.70. The molecule has 0 bridgehead atoms. The summed E-state index contributed by atoms with van der Waals surface area (Å²) >= 11 is 1.21. The molecule has 0 saturated carbocycles. The van der Waals surface area contributed by atoms with Crippen LogP contribution >= 0.6 is 11.8 Å². The van der Waals surface area contributed by atoms with Crippen LogP contribution in [0.3, 0.4) is 0 Å². The summed E-state index contributed by atoms with van der Waals surface area (Å²) in [6, 6.07) is 0.0000416. The van der Waals surface area contributed by atoms with E-state index in [2.05, 4.69) is 10.1 Å². The number of thioether (sulfide) groups is 1. The van der Waals surface area contributed by atoms with Crippen LogP contribution in [-0.2, 0) is 4.79 Å². The third-order valence-electron chi connectivity index (χ3n) is 3.17. The molecular weight excluding hydrogens is 278 g/mol. The Morgan fingerprint density at radius 3 is 2.75 bits per heavy atom. The van der Waals surface area contributed by atoms with Crippen molar-refractivity contribution in [1.82, 2.24) is 14.7 Å². The summed E-state index contributed by atoms with van der Waals surface area (Å²) in [6.45, 7) is 7.76. The molecule has 2 heterocycles. The minimum Gasteiger partial charge on any atom is -0.481 e. The molecular formula is C13H17N3O3S. The third-order valence-corrected chi connectivity index (χ3v) is 4.12. The van der Waals surface area contributed by atoms with E-state index in [4.69, 9.17) is 9.63 Å². The summed E-state index contributed by atoms with van der Waals surface area (Å²) in [6.07, 6.45) is 1.75. The van der Waals surface area contributed by atoms with Crippen LogP contribution in [0, 0.1) is 20.8 Å². The standard InChI is InChI=1S/C13H17N3O3S/c1-7-5-14-13(20-6-11(17)18)16(7)9(3)12-8(2)15-19-10(12)4/h5,9H,6H2,1-4H3,(H,17,18). The van der Waals surface area contributed by atoms with Crippen molar-refractivity contribution in [3.05, 3.63) is 28.9 Å². The predicted molar refractivity (Wildman–Crippen MR) is 75.1 cm³/mol. The van der Waals surface area contributed by atoms with Crippen molar-refractivity contribution in [1.29, 1.82) is 0 Å². The van der Waals surface area contributed by atoms with Gasteiger partial charge in [-0.1, -0.05) is 16.9 Å². The Bertz CT molecular complexity index is 613. The number of hydrogen-bond donors (Lipinski definition) is 1. The van der Waals surface area contributed by atoms with E-state index in [-0.39, 0.29) is 11.8 Å². The Balaban J connectivity index is 2.37. The van der Waals surface area contributed by atoms with E-state index in [9.17, 15) is 4.79 Å². The number of hydrogen-bond acceptors (Lipinski definition) is 5. The first-order valence-electron chi connectivity index (χ1n) is 6.23. The minimum atomic E-state index is -0.854. The smallest absolute Gasteiger partial charge is 0.313 e. The van der Waals surface area contributed by atoms with E-state index in [1.54, 1.807) is 6.20 Å². The maximum atomic E-state index is 10.7. The van der Waals surface area contributed by atoms with Gasteiger partial charge < -0.3 is 14.2 Å². The van der Waals surface area contributed by atoms with Crippen LogP contribution in [0.4, 0.5) is 0 Å². The zero-order chi connectivity index (χ0) is 14.9. The SMILES string of the molecule is Cc1noc(C)c1C(C)n1c(C)cnc1SCC(=O)O. The maximum absolute atomic E-state index is 10.7. The van der Waals surface area contributed by atoms with E-state index in [1.807, 2.05) is 32.3 Å². The fourth-order valence-corrected chi connectivity index (χ4v) is 3.16. The quantitative estimate of drug-likeness (QED) is 0.854. The molecule has 2 rings (SSSR count). The highest BCUT2D eigenvalue weighted by Gasteiger charge is 2.22. The molecule has 7 heteroatoms. The highest BCUT2D eigenvalue weighted by Crippen LogP contribution is 2.30. The highest BCUT2D eigenvalue weighted by atomic mass is 32.2. The van der Waals surface area contributed by atoms with E-state index >= 15 is 0 Å². The van der Waals surface area contributed by atoms with E-state index in [0.29, 0.717) is 5.16 Å². The first kappa shape index (κ1) is 14.6. The van der Waals surface area contributed by atoms with Crippen molar-refractivity contribution in [2.45, 2.75) is 38.9 Å². The molecule has 0 aliphatic carbocycles. The lowest BCUT2D eigenvalue weighted by atomic mass is 10.1. The number of rotatable bonds is 5. The van der Waals surface area contributed by atoms with E-state index in [0.717, 1.165) is 22.7 Å². The van der Waals surface area contributed by atoms with Crippen molar-refractivity contribution in [3.63, 3.8) is 0 Å². The maximum Gasteiger partial charge on any atom is 0.313 e. The molecule has 0 radical (unpaired) electrons. The van der Waals surface area contributed by atoms with Gasteiger partial charge >= 0.3 is 5.97 Å². The molecule has 0 aliphatic rings. The number of aryl methyl sites for hydroxylation is 3. The van der Waals surface area contributed by atoms with Gasteiger partial charge in [0.1, 0.15) is 5.76 Å². The number of carboxylic acids is 1. The summed E-state index contributed by atoms with van der Waals surface area (Å²) in [5.41, 5.74) is 2.84. The molecule has 2 aromatic heterocycles. The topological polar surface area (TPSA) is 81.2 Å². The van der Waals surface area contributed by atoms with Gasteiger partial charge in [-0.3, -0.25) is 4.79 Å². The molecule has 0 saturated heterocycles. The number of aromatic nitrogens is 3. The fraction of sp³-hybridized carbons (Fsp3) is 0.462. The lowest BCUT2D eigenvalue weighted by molar-refractivity contribution is -0.133. The van der Waals surface area contributed by atoms with Gasteiger partial charge in [0.25, 0.3) is 0 Å². The van der Waals surface area contributed by atoms with Gasteiger partial charge in [-0.25, -0.2) is 4.98 Å². The lowest BCUT2D eigenvalue weighted by Crippen LogP contribution is -2.12. The summed E-state index contributed by atoms with van der Waals surface area (Å²) < 4.78 is 7.22. The number of nitrogens with zero attached hydrogens (tertiary/aromatic N) is 3. The number of carboxylic acid groups (broad SMARTS) is 1. The van der Waals surface area contributed by atoms with Gasteiger partial charge in [0.15, 0.2) is 5.16 Å². The van der Waals surface area contributed by atoms with E-state index in [1.165, 1.54) is 11.8 Å². The van der Waals surface area contributed by atoms with Gasteiger partial charge in [0.2, 0.25) is 0 Å². The largest absolute Gasteiger partial charge is 0.481 e. The van der Waals surface area contributed by atoms with Crippen LogP contribution in [0.1, 0.15) is 35.7 Å². The summed E-state index contributed by atoms with van der Waals surface area (Å²) in [4.78, 5) is 15.0. The summed E-state index contributed by atoms with van der Waals surface area (Å²) in [7, 11) is 0. The van der Waals surface area contributed by atoms with Crippen LogP contribution < -0.4 is 0 Å². The van der Waals surface area contributed by atoms with E-state index < -0.39 is 5.97 Å². The second-order valence-electron chi connectivity index (χ2n) is 4.65. The summed E-state index contributed by atoms with van der Waals surface area (Å²) in [5, 5.41) is 13.5.